The van der Waals surface area contributed by atoms with Gasteiger partial charge in [0.25, 0.3) is 0 Å². The van der Waals surface area contributed by atoms with Crippen molar-refractivity contribution in [2.24, 2.45) is 34.0 Å². The molecule has 3 aliphatic carbocycles. The third kappa shape index (κ3) is 3.11. The van der Waals surface area contributed by atoms with Crippen molar-refractivity contribution in [1.82, 2.24) is 0 Å². The van der Waals surface area contributed by atoms with Crippen LogP contribution in [0, 0.1) is 45.3 Å². The zero-order valence-electron chi connectivity index (χ0n) is 18.1. The maximum absolute atomic E-state index is 12.9. The van der Waals surface area contributed by atoms with Crippen LogP contribution in [0.25, 0.3) is 0 Å². The summed E-state index contributed by atoms with van der Waals surface area (Å²) in [7, 11) is 1.45. The second kappa shape index (κ2) is 7.32. The largest absolute Gasteiger partial charge is 0.469 e. The molecule has 0 heterocycles. The summed E-state index contributed by atoms with van der Waals surface area (Å²) in [5.74, 6) is 0.351. The van der Waals surface area contributed by atoms with E-state index < -0.39 is 11.3 Å². The van der Waals surface area contributed by atoms with Crippen LogP contribution in [-0.4, -0.2) is 18.9 Å². The molecule has 4 nitrogen and oxygen atoms in total. The van der Waals surface area contributed by atoms with Gasteiger partial charge in [-0.2, -0.15) is 5.26 Å². The van der Waals surface area contributed by atoms with E-state index in [4.69, 9.17) is 4.74 Å². The van der Waals surface area contributed by atoms with Crippen molar-refractivity contribution in [3.05, 3.63) is 11.6 Å². The summed E-state index contributed by atoms with van der Waals surface area (Å²) in [5.41, 5.74) is 1.06. The number of ketones is 1. The molecule has 0 bridgehead atoms. The van der Waals surface area contributed by atoms with Gasteiger partial charge in [-0.1, -0.05) is 39.3 Å². The van der Waals surface area contributed by atoms with Gasteiger partial charge in [-0.3, -0.25) is 9.59 Å². The Bertz CT molecular complexity index is 731. The fourth-order valence-corrected chi connectivity index (χ4v) is 7.08. The van der Waals surface area contributed by atoms with Crippen molar-refractivity contribution in [3.8, 4) is 6.07 Å². The zero-order valence-corrected chi connectivity index (χ0v) is 18.1. The van der Waals surface area contributed by atoms with Crippen molar-refractivity contribution < 1.29 is 14.3 Å². The third-order valence-corrected chi connectivity index (χ3v) is 8.48. The van der Waals surface area contributed by atoms with Gasteiger partial charge in [0.15, 0.2) is 5.78 Å². The first-order valence-electron chi connectivity index (χ1n) is 10.8. The van der Waals surface area contributed by atoms with E-state index in [0.717, 1.165) is 38.5 Å². The minimum atomic E-state index is -0.501. The topological polar surface area (TPSA) is 67.2 Å². The van der Waals surface area contributed by atoms with Crippen molar-refractivity contribution >= 4 is 11.8 Å². The van der Waals surface area contributed by atoms with Crippen molar-refractivity contribution in [3.63, 3.8) is 0 Å². The number of allylic oxidation sites excluding steroid dienone is 2. The number of carbonyl (C=O) groups excluding carboxylic acids is 2. The van der Waals surface area contributed by atoms with Gasteiger partial charge in [0.1, 0.15) is 5.92 Å². The molecule has 0 aliphatic heterocycles. The quantitative estimate of drug-likeness (QED) is 0.491. The average molecular weight is 386 g/mol. The van der Waals surface area contributed by atoms with Gasteiger partial charge in [0.05, 0.1) is 13.2 Å². The van der Waals surface area contributed by atoms with Gasteiger partial charge in [-0.25, -0.2) is 0 Å². The molecule has 154 valence electrons. The van der Waals surface area contributed by atoms with E-state index >= 15 is 0 Å². The number of rotatable bonds is 4. The number of nitriles is 1. The van der Waals surface area contributed by atoms with Crippen LogP contribution in [-0.2, 0) is 14.3 Å². The number of hydrogen-bond donors (Lipinski definition) is 0. The molecule has 2 saturated carbocycles. The van der Waals surface area contributed by atoms with Crippen LogP contribution in [0.2, 0.25) is 0 Å². The molecule has 1 unspecified atom stereocenters. The Morgan fingerprint density at radius 3 is 2.61 bits per heavy atom. The SMILES string of the molecule is COC(=O)CCC[C@@H]1CCC=C2[C@@]1(C)CC[C@H]1C(C)(C)C(=O)C(C#N)C[C@]21C. The van der Waals surface area contributed by atoms with E-state index in [1.54, 1.807) is 0 Å². The molecular formula is C24H35NO3. The molecule has 3 aliphatic rings. The fraction of sp³-hybridized carbons (Fsp3) is 0.792. The second-order valence-corrected chi connectivity index (χ2v) is 10.3. The van der Waals surface area contributed by atoms with E-state index in [0.29, 0.717) is 24.7 Å². The summed E-state index contributed by atoms with van der Waals surface area (Å²) in [5, 5.41) is 9.67. The highest BCUT2D eigenvalue weighted by Crippen LogP contribution is 2.67. The van der Waals surface area contributed by atoms with Crippen molar-refractivity contribution in [1.29, 1.82) is 5.26 Å². The number of fused-ring (bicyclic) bond motifs is 3. The maximum Gasteiger partial charge on any atom is 0.305 e. The third-order valence-electron chi connectivity index (χ3n) is 8.48. The highest BCUT2D eigenvalue weighted by atomic mass is 16.5. The van der Waals surface area contributed by atoms with Gasteiger partial charge in [0, 0.05) is 11.8 Å². The molecule has 0 N–H and O–H groups in total. The molecule has 4 heteroatoms. The monoisotopic (exact) mass is 385 g/mol. The molecule has 28 heavy (non-hydrogen) atoms. The van der Waals surface area contributed by atoms with Gasteiger partial charge in [-0.15, -0.1) is 0 Å². The van der Waals surface area contributed by atoms with Crippen molar-refractivity contribution in [2.75, 3.05) is 7.11 Å². The van der Waals surface area contributed by atoms with E-state index in [-0.39, 0.29) is 22.6 Å². The molecule has 0 aromatic rings. The summed E-state index contributed by atoms with van der Waals surface area (Å²) in [6, 6.07) is 2.31. The summed E-state index contributed by atoms with van der Waals surface area (Å²) in [6.45, 7) is 8.83. The van der Waals surface area contributed by atoms with Crippen LogP contribution in [0.1, 0.15) is 79.1 Å². The van der Waals surface area contributed by atoms with Gasteiger partial charge >= 0.3 is 5.97 Å². The number of carbonyl (C=O) groups is 2. The second-order valence-electron chi connectivity index (χ2n) is 10.3. The highest BCUT2D eigenvalue weighted by Gasteiger charge is 2.62. The first-order chi connectivity index (χ1) is 13.1. The van der Waals surface area contributed by atoms with Crippen LogP contribution < -0.4 is 0 Å². The molecule has 0 spiro atoms. The number of ether oxygens (including phenoxy) is 1. The normalized spacial score (nSPS) is 39.2. The van der Waals surface area contributed by atoms with Crippen LogP contribution >= 0.6 is 0 Å². The Kier molecular flexibility index (Phi) is 5.51. The molecule has 2 fully saturated rings. The minimum absolute atomic E-state index is 0.0914. The van der Waals surface area contributed by atoms with Crippen molar-refractivity contribution in [2.45, 2.75) is 79.1 Å². The van der Waals surface area contributed by atoms with Gasteiger partial charge in [0.2, 0.25) is 0 Å². The van der Waals surface area contributed by atoms with Crippen LogP contribution in [0.3, 0.4) is 0 Å². The lowest BCUT2D eigenvalue weighted by Crippen LogP contribution is -2.58. The van der Waals surface area contributed by atoms with E-state index in [9.17, 15) is 14.9 Å². The van der Waals surface area contributed by atoms with Crippen LogP contribution in [0.4, 0.5) is 0 Å². The predicted molar refractivity (Wildman–Crippen MR) is 108 cm³/mol. The number of Topliss-reactive ketones (excluding diaryl/α,β-unsaturated/α-hetero) is 1. The minimum Gasteiger partial charge on any atom is -0.469 e. The first-order valence-corrected chi connectivity index (χ1v) is 10.8. The lowest BCUT2D eigenvalue weighted by molar-refractivity contribution is -0.146. The summed E-state index contributed by atoms with van der Waals surface area (Å²) >= 11 is 0. The number of nitrogens with zero attached hydrogens (tertiary/aromatic N) is 1. The zero-order chi connectivity index (χ0) is 20.7. The fourth-order valence-electron chi connectivity index (χ4n) is 7.08. The lowest BCUT2D eigenvalue weighted by Gasteiger charge is -2.62. The lowest BCUT2D eigenvalue weighted by atomic mass is 9.41. The summed E-state index contributed by atoms with van der Waals surface area (Å²) in [6.07, 6.45) is 9.83. The molecule has 3 rings (SSSR count). The number of esters is 1. The molecule has 0 aromatic carbocycles. The summed E-state index contributed by atoms with van der Waals surface area (Å²) < 4.78 is 4.80. The van der Waals surface area contributed by atoms with E-state index in [1.165, 1.54) is 12.7 Å². The van der Waals surface area contributed by atoms with Gasteiger partial charge < -0.3 is 4.74 Å². The first kappa shape index (κ1) is 21.1. The smallest absolute Gasteiger partial charge is 0.305 e. The Labute approximate surface area is 169 Å². The van der Waals surface area contributed by atoms with E-state index in [1.807, 2.05) is 0 Å². The standard InChI is InChI=1S/C24H35NO3/c1-22(2)18-12-13-23(3)17(9-7-11-20(26)28-5)8-6-10-19(23)24(18,4)14-16(15-25)21(22)27/h10,16-18H,6-9,11-14H2,1-5H3/t16?,17-,18-,23-,24-/m0/s1. The predicted octanol–water partition coefficient (Wildman–Crippen LogP) is 5.23. The Balaban J connectivity index is 1.89. The molecule has 0 radical (unpaired) electrons. The molecular weight excluding hydrogens is 350 g/mol. The molecule has 0 amide bonds. The van der Waals surface area contributed by atoms with E-state index in [2.05, 4.69) is 39.8 Å². The Morgan fingerprint density at radius 1 is 1.25 bits per heavy atom. The van der Waals surface area contributed by atoms with Gasteiger partial charge in [-0.05, 0) is 67.6 Å². The van der Waals surface area contributed by atoms with Crippen LogP contribution in [0.15, 0.2) is 11.6 Å². The highest BCUT2D eigenvalue weighted by molar-refractivity contribution is 5.90. The summed E-state index contributed by atoms with van der Waals surface area (Å²) in [4.78, 5) is 24.5. The Hall–Kier alpha value is -1.63. The maximum atomic E-state index is 12.9. The average Bonchev–Trinajstić information content (AvgIpc) is 2.65. The molecule has 5 atom stereocenters. The number of methoxy groups -OCH3 is 1. The van der Waals surface area contributed by atoms with Crippen LogP contribution in [0.5, 0.6) is 0 Å². The number of hydrogen-bond acceptors (Lipinski definition) is 4. The Morgan fingerprint density at radius 2 is 1.96 bits per heavy atom. The molecule has 0 aromatic heterocycles. The molecule has 0 saturated heterocycles.